The summed E-state index contributed by atoms with van der Waals surface area (Å²) < 4.78 is 11.6. The van der Waals surface area contributed by atoms with E-state index in [1.807, 2.05) is 37.3 Å². The summed E-state index contributed by atoms with van der Waals surface area (Å²) in [5.41, 5.74) is 2.76. The molecule has 0 saturated carbocycles. The zero-order valence-electron chi connectivity index (χ0n) is 19.4. The van der Waals surface area contributed by atoms with Gasteiger partial charge in [-0.3, -0.25) is 4.79 Å². The first kappa shape index (κ1) is 26.2. The maximum Gasteiger partial charge on any atom is 0.261 e. The molecule has 3 rings (SSSR count). The maximum absolute atomic E-state index is 12.5. The van der Waals surface area contributed by atoms with Crippen LogP contribution < -0.4 is 14.8 Å². The smallest absolute Gasteiger partial charge is 0.261 e. The van der Waals surface area contributed by atoms with Crippen molar-refractivity contribution >= 4 is 35.2 Å². The van der Waals surface area contributed by atoms with Gasteiger partial charge in [0.2, 0.25) is 0 Å². The molecule has 3 aromatic carbocycles. The highest BCUT2D eigenvalue weighted by Gasteiger charge is 2.11. The number of aryl methyl sites for hydroxylation is 1. The van der Waals surface area contributed by atoms with Crippen molar-refractivity contribution in [3.8, 4) is 17.6 Å². The number of rotatable bonds is 11. The molecule has 0 bridgehead atoms. The first-order valence-corrected chi connectivity index (χ1v) is 12.0. The highest BCUT2D eigenvalue weighted by molar-refractivity contribution is 6.42. The van der Waals surface area contributed by atoms with E-state index in [-0.39, 0.29) is 12.2 Å². The quantitative estimate of drug-likeness (QED) is 0.179. The second-order valence-corrected chi connectivity index (χ2v) is 8.51. The average molecular weight is 509 g/mol. The first-order chi connectivity index (χ1) is 17.0. The third kappa shape index (κ3) is 8.06. The highest BCUT2D eigenvalue weighted by Crippen LogP contribution is 2.31. The molecule has 0 saturated heterocycles. The van der Waals surface area contributed by atoms with Gasteiger partial charge >= 0.3 is 0 Å². The molecule has 180 valence electrons. The third-order valence-corrected chi connectivity index (χ3v) is 5.83. The molecule has 0 heterocycles. The van der Waals surface area contributed by atoms with Crippen LogP contribution in [0.2, 0.25) is 10.0 Å². The summed E-state index contributed by atoms with van der Waals surface area (Å²) >= 11 is 12.0. The van der Waals surface area contributed by atoms with Crippen LogP contribution in [0.3, 0.4) is 0 Å². The van der Waals surface area contributed by atoms with Gasteiger partial charge in [0.25, 0.3) is 5.91 Å². The van der Waals surface area contributed by atoms with Gasteiger partial charge in [-0.2, -0.15) is 5.26 Å². The molecular formula is C28H26Cl2N2O3. The number of nitriles is 1. The molecule has 7 heteroatoms. The number of hydrogen-bond donors (Lipinski definition) is 1. The minimum atomic E-state index is -0.404. The lowest BCUT2D eigenvalue weighted by molar-refractivity contribution is -0.117. The summed E-state index contributed by atoms with van der Waals surface area (Å²) in [6.07, 6.45) is 3.18. The van der Waals surface area contributed by atoms with Gasteiger partial charge in [-0.15, -0.1) is 0 Å². The number of benzene rings is 3. The molecule has 0 atom stereocenters. The Labute approximate surface area is 215 Å². The van der Waals surface area contributed by atoms with Crippen LogP contribution in [0, 0.1) is 11.3 Å². The summed E-state index contributed by atoms with van der Waals surface area (Å²) in [5, 5.41) is 13.3. The van der Waals surface area contributed by atoms with Crippen LogP contribution in [0.4, 0.5) is 0 Å². The predicted octanol–water partition coefficient (Wildman–Crippen LogP) is 6.63. The fourth-order valence-electron chi connectivity index (χ4n) is 3.34. The Bertz CT molecular complexity index is 1220. The largest absolute Gasteiger partial charge is 0.490 e. The number of halogens is 2. The summed E-state index contributed by atoms with van der Waals surface area (Å²) in [7, 11) is 0. The standard InChI is InChI=1S/C28H26Cl2N2O3/c1-2-34-27-17-21(11-13-26(27)35-19-22-10-12-24(29)25(30)16-22)15-23(18-31)28(33)32-14-6-9-20-7-4-3-5-8-20/h3-5,7-8,10-13,15-17H,2,6,9,14,19H2,1H3,(H,32,33)/b23-15-. The van der Waals surface area contributed by atoms with E-state index in [9.17, 15) is 10.1 Å². The molecule has 0 aliphatic rings. The lowest BCUT2D eigenvalue weighted by atomic mass is 10.1. The van der Waals surface area contributed by atoms with Gasteiger partial charge in [0.1, 0.15) is 18.2 Å². The molecule has 0 radical (unpaired) electrons. The highest BCUT2D eigenvalue weighted by atomic mass is 35.5. The van der Waals surface area contributed by atoms with Crippen molar-refractivity contribution < 1.29 is 14.3 Å². The Morgan fingerprint density at radius 1 is 0.971 bits per heavy atom. The molecular weight excluding hydrogens is 483 g/mol. The number of nitrogens with zero attached hydrogens (tertiary/aromatic N) is 1. The van der Waals surface area contributed by atoms with Crippen molar-refractivity contribution in [2.75, 3.05) is 13.2 Å². The maximum atomic E-state index is 12.5. The van der Waals surface area contributed by atoms with Crippen molar-refractivity contribution in [3.05, 3.63) is 99.0 Å². The van der Waals surface area contributed by atoms with Crippen molar-refractivity contribution in [2.24, 2.45) is 0 Å². The van der Waals surface area contributed by atoms with E-state index in [1.54, 1.807) is 30.3 Å². The van der Waals surface area contributed by atoms with Gasteiger partial charge in [0.15, 0.2) is 11.5 Å². The van der Waals surface area contributed by atoms with Gasteiger partial charge in [0, 0.05) is 6.54 Å². The SMILES string of the molecule is CCOc1cc(/C=C(/C#N)C(=O)NCCCc2ccccc2)ccc1OCc1ccc(Cl)c(Cl)c1. The van der Waals surface area contributed by atoms with E-state index >= 15 is 0 Å². The van der Waals surface area contributed by atoms with Crippen molar-refractivity contribution in [2.45, 2.75) is 26.4 Å². The van der Waals surface area contributed by atoms with Crippen molar-refractivity contribution in [3.63, 3.8) is 0 Å². The number of amides is 1. The van der Waals surface area contributed by atoms with Crippen LogP contribution >= 0.6 is 23.2 Å². The fourth-order valence-corrected chi connectivity index (χ4v) is 3.66. The molecule has 0 spiro atoms. The lowest BCUT2D eigenvalue weighted by Crippen LogP contribution is -2.25. The van der Waals surface area contributed by atoms with Crippen LogP contribution in [-0.2, 0) is 17.8 Å². The minimum absolute atomic E-state index is 0.0247. The van der Waals surface area contributed by atoms with Crippen LogP contribution in [0.1, 0.15) is 30.0 Å². The average Bonchev–Trinajstić information content (AvgIpc) is 2.87. The van der Waals surface area contributed by atoms with E-state index in [0.29, 0.717) is 40.3 Å². The monoisotopic (exact) mass is 508 g/mol. The van der Waals surface area contributed by atoms with Gasteiger partial charge in [-0.05, 0) is 66.8 Å². The van der Waals surface area contributed by atoms with Gasteiger partial charge in [-0.1, -0.05) is 65.7 Å². The minimum Gasteiger partial charge on any atom is -0.490 e. The molecule has 1 N–H and O–H groups in total. The van der Waals surface area contributed by atoms with Gasteiger partial charge < -0.3 is 14.8 Å². The first-order valence-electron chi connectivity index (χ1n) is 11.3. The predicted molar refractivity (Wildman–Crippen MR) is 140 cm³/mol. The molecule has 3 aromatic rings. The lowest BCUT2D eigenvalue weighted by Gasteiger charge is -2.13. The molecule has 0 aliphatic carbocycles. The van der Waals surface area contributed by atoms with Crippen molar-refractivity contribution in [1.82, 2.24) is 5.32 Å². The molecule has 0 fully saturated rings. The van der Waals surface area contributed by atoms with E-state index in [4.69, 9.17) is 32.7 Å². The Morgan fingerprint density at radius 3 is 2.49 bits per heavy atom. The van der Waals surface area contributed by atoms with Crippen molar-refractivity contribution in [1.29, 1.82) is 5.26 Å². The Hall–Kier alpha value is -3.46. The zero-order valence-corrected chi connectivity index (χ0v) is 20.9. The second-order valence-electron chi connectivity index (χ2n) is 7.69. The summed E-state index contributed by atoms with van der Waals surface area (Å²) in [6.45, 7) is 3.07. The number of nitrogens with one attached hydrogen (secondary N) is 1. The van der Waals surface area contributed by atoms with Crippen LogP contribution in [0.25, 0.3) is 6.08 Å². The van der Waals surface area contributed by atoms with Gasteiger partial charge in [-0.25, -0.2) is 0 Å². The molecule has 35 heavy (non-hydrogen) atoms. The van der Waals surface area contributed by atoms with Crippen LogP contribution in [0.15, 0.2) is 72.3 Å². The molecule has 0 unspecified atom stereocenters. The van der Waals surface area contributed by atoms with Crippen LogP contribution in [0.5, 0.6) is 11.5 Å². The van der Waals surface area contributed by atoms with Crippen LogP contribution in [-0.4, -0.2) is 19.1 Å². The van der Waals surface area contributed by atoms with E-state index in [0.717, 1.165) is 18.4 Å². The topological polar surface area (TPSA) is 71.3 Å². The van der Waals surface area contributed by atoms with Gasteiger partial charge in [0.05, 0.1) is 16.7 Å². The number of hydrogen-bond acceptors (Lipinski definition) is 4. The summed E-state index contributed by atoms with van der Waals surface area (Å²) in [6, 6.07) is 22.6. The number of carbonyl (C=O) groups excluding carboxylic acids is 1. The third-order valence-electron chi connectivity index (χ3n) is 5.09. The Balaban J connectivity index is 1.63. The summed E-state index contributed by atoms with van der Waals surface area (Å²) in [5.74, 6) is 0.652. The van der Waals surface area contributed by atoms with E-state index < -0.39 is 5.91 Å². The molecule has 0 aromatic heterocycles. The molecule has 1 amide bonds. The van der Waals surface area contributed by atoms with E-state index in [2.05, 4.69) is 17.4 Å². The Kier molecular flexibility index (Phi) is 10.0. The molecule has 5 nitrogen and oxygen atoms in total. The second kappa shape index (κ2) is 13.4. The number of carbonyl (C=O) groups is 1. The fraction of sp³-hybridized carbons (Fsp3) is 0.214. The molecule has 0 aliphatic heterocycles. The number of ether oxygens (including phenoxy) is 2. The normalized spacial score (nSPS) is 11.0. The Morgan fingerprint density at radius 2 is 1.77 bits per heavy atom. The zero-order chi connectivity index (χ0) is 25.0. The van der Waals surface area contributed by atoms with E-state index in [1.165, 1.54) is 11.6 Å². The summed E-state index contributed by atoms with van der Waals surface area (Å²) in [4.78, 5) is 12.5.